The third-order valence-corrected chi connectivity index (χ3v) is 2.88. The van der Waals surface area contributed by atoms with E-state index in [-0.39, 0.29) is 0 Å². The average Bonchev–Trinajstić information content (AvgIpc) is 2.38. The molecule has 1 aliphatic rings. The van der Waals surface area contributed by atoms with Gasteiger partial charge in [0.05, 0.1) is 7.11 Å². The number of alkyl halides is 1. The number of hydrogen-bond acceptors (Lipinski definition) is 2. The molecule has 1 unspecified atom stereocenters. The van der Waals surface area contributed by atoms with Crippen molar-refractivity contribution in [3.63, 3.8) is 0 Å². The molecule has 0 amide bonds. The quantitative estimate of drug-likeness (QED) is 0.768. The van der Waals surface area contributed by atoms with Gasteiger partial charge < -0.3 is 10.1 Å². The summed E-state index contributed by atoms with van der Waals surface area (Å²) in [4.78, 5) is 0. The molecule has 0 spiro atoms. The predicted molar refractivity (Wildman–Crippen MR) is 59.3 cm³/mol. The van der Waals surface area contributed by atoms with Crippen molar-refractivity contribution in [1.29, 1.82) is 0 Å². The van der Waals surface area contributed by atoms with Crippen LogP contribution >= 0.6 is 0 Å². The maximum Gasteiger partial charge on any atom is 0.125 e. The fourth-order valence-corrected chi connectivity index (χ4v) is 1.84. The normalized spacial score (nSPS) is 25.0. The van der Waals surface area contributed by atoms with E-state index in [2.05, 4.69) is 5.32 Å². The van der Waals surface area contributed by atoms with Gasteiger partial charge >= 0.3 is 0 Å². The van der Waals surface area contributed by atoms with Gasteiger partial charge in [-0.25, -0.2) is 4.39 Å². The molecule has 82 valence electrons. The minimum Gasteiger partial charge on any atom is -0.497 e. The molecule has 0 fully saturated rings. The van der Waals surface area contributed by atoms with Crippen molar-refractivity contribution < 1.29 is 9.13 Å². The fourth-order valence-electron chi connectivity index (χ4n) is 1.84. The standard InChI is InChI=1S/C12H16FNO/c1-12(13)6-5-9-7-10(15-2)3-4-11(9)14-8-12/h3-4,7,14H,5-6,8H2,1-2H3. The van der Waals surface area contributed by atoms with Crippen LogP contribution in [-0.4, -0.2) is 19.3 Å². The topological polar surface area (TPSA) is 21.3 Å². The molecule has 0 aromatic heterocycles. The lowest BCUT2D eigenvalue weighted by molar-refractivity contribution is 0.195. The average molecular weight is 209 g/mol. The Morgan fingerprint density at radius 1 is 1.47 bits per heavy atom. The van der Waals surface area contributed by atoms with E-state index < -0.39 is 5.67 Å². The second-order valence-corrected chi connectivity index (χ2v) is 4.29. The van der Waals surface area contributed by atoms with Crippen molar-refractivity contribution in [2.24, 2.45) is 0 Å². The molecular weight excluding hydrogens is 193 g/mol. The van der Waals surface area contributed by atoms with E-state index in [1.807, 2.05) is 18.2 Å². The number of nitrogens with one attached hydrogen (secondary N) is 1. The molecule has 1 atom stereocenters. The summed E-state index contributed by atoms with van der Waals surface area (Å²) in [6.07, 6.45) is 1.31. The second kappa shape index (κ2) is 3.72. The molecule has 0 radical (unpaired) electrons. The summed E-state index contributed by atoms with van der Waals surface area (Å²) in [5.41, 5.74) is 1.04. The molecule has 15 heavy (non-hydrogen) atoms. The van der Waals surface area contributed by atoms with Gasteiger partial charge in [0.1, 0.15) is 11.4 Å². The van der Waals surface area contributed by atoms with Gasteiger partial charge in [-0.2, -0.15) is 0 Å². The number of aryl methyl sites for hydroxylation is 1. The maximum atomic E-state index is 13.8. The molecule has 1 aliphatic heterocycles. The highest BCUT2D eigenvalue weighted by molar-refractivity contribution is 5.55. The van der Waals surface area contributed by atoms with Gasteiger partial charge in [0.2, 0.25) is 0 Å². The van der Waals surface area contributed by atoms with Crippen LogP contribution in [-0.2, 0) is 6.42 Å². The zero-order valence-corrected chi connectivity index (χ0v) is 9.14. The molecule has 0 saturated carbocycles. The van der Waals surface area contributed by atoms with Gasteiger partial charge in [-0.15, -0.1) is 0 Å². The van der Waals surface area contributed by atoms with Gasteiger partial charge in [-0.3, -0.25) is 0 Å². The Balaban J connectivity index is 2.27. The molecule has 3 heteroatoms. The third-order valence-electron chi connectivity index (χ3n) is 2.88. The van der Waals surface area contributed by atoms with Crippen LogP contribution in [0.25, 0.3) is 0 Å². The summed E-state index contributed by atoms with van der Waals surface area (Å²) in [6, 6.07) is 5.83. The first-order valence-corrected chi connectivity index (χ1v) is 5.20. The highest BCUT2D eigenvalue weighted by atomic mass is 19.1. The van der Waals surface area contributed by atoms with Crippen molar-refractivity contribution >= 4 is 5.69 Å². The Morgan fingerprint density at radius 2 is 2.27 bits per heavy atom. The number of fused-ring (bicyclic) bond motifs is 1. The van der Waals surface area contributed by atoms with Crippen LogP contribution in [0.3, 0.4) is 0 Å². The van der Waals surface area contributed by atoms with E-state index in [4.69, 9.17) is 4.74 Å². The first-order valence-electron chi connectivity index (χ1n) is 5.20. The number of rotatable bonds is 1. The van der Waals surface area contributed by atoms with Crippen LogP contribution in [0.5, 0.6) is 5.75 Å². The zero-order valence-electron chi connectivity index (χ0n) is 9.14. The van der Waals surface area contributed by atoms with Gasteiger partial charge in [-0.05, 0) is 43.5 Å². The van der Waals surface area contributed by atoms with Gasteiger partial charge in [-0.1, -0.05) is 0 Å². The van der Waals surface area contributed by atoms with Crippen LogP contribution < -0.4 is 10.1 Å². The number of hydrogen-bond donors (Lipinski definition) is 1. The number of methoxy groups -OCH3 is 1. The molecule has 1 aromatic carbocycles. The highest BCUT2D eigenvalue weighted by Crippen LogP contribution is 2.30. The molecule has 2 rings (SSSR count). The Morgan fingerprint density at radius 3 is 3.00 bits per heavy atom. The monoisotopic (exact) mass is 209 g/mol. The SMILES string of the molecule is COc1ccc2c(c1)CCC(C)(F)CN2. The summed E-state index contributed by atoms with van der Waals surface area (Å²) in [6.45, 7) is 2.02. The summed E-state index contributed by atoms with van der Waals surface area (Å²) < 4.78 is 18.9. The summed E-state index contributed by atoms with van der Waals surface area (Å²) in [7, 11) is 1.64. The van der Waals surface area contributed by atoms with Crippen LogP contribution in [0.1, 0.15) is 18.9 Å². The lowest BCUT2D eigenvalue weighted by Crippen LogP contribution is -2.26. The van der Waals surface area contributed by atoms with Crippen molar-refractivity contribution in [3.05, 3.63) is 23.8 Å². The minimum absolute atomic E-state index is 0.381. The van der Waals surface area contributed by atoms with Crippen molar-refractivity contribution in [2.75, 3.05) is 19.0 Å². The fraction of sp³-hybridized carbons (Fsp3) is 0.500. The molecule has 1 heterocycles. The Kier molecular flexibility index (Phi) is 2.55. The third kappa shape index (κ3) is 2.22. The van der Waals surface area contributed by atoms with Crippen LogP contribution in [0.4, 0.5) is 10.1 Å². The Labute approximate surface area is 89.4 Å². The number of ether oxygens (including phenoxy) is 1. The van der Waals surface area contributed by atoms with Gasteiger partial charge in [0.15, 0.2) is 0 Å². The van der Waals surface area contributed by atoms with E-state index in [0.717, 1.165) is 23.4 Å². The van der Waals surface area contributed by atoms with E-state index in [0.29, 0.717) is 13.0 Å². The smallest absolute Gasteiger partial charge is 0.125 e. The maximum absolute atomic E-state index is 13.8. The lowest BCUT2D eigenvalue weighted by Gasteiger charge is -2.17. The number of halogens is 1. The summed E-state index contributed by atoms with van der Waals surface area (Å²) >= 11 is 0. The molecule has 1 aromatic rings. The number of benzene rings is 1. The molecule has 0 aliphatic carbocycles. The van der Waals surface area contributed by atoms with Crippen molar-refractivity contribution in [2.45, 2.75) is 25.4 Å². The Hall–Kier alpha value is -1.25. The van der Waals surface area contributed by atoms with Crippen LogP contribution in [0, 0.1) is 0 Å². The molecule has 0 saturated heterocycles. The molecule has 1 N–H and O–H groups in total. The number of anilines is 1. The molecule has 0 bridgehead atoms. The van der Waals surface area contributed by atoms with Gasteiger partial charge in [0, 0.05) is 12.2 Å². The lowest BCUT2D eigenvalue weighted by atomic mass is 10.0. The van der Waals surface area contributed by atoms with Crippen LogP contribution in [0.2, 0.25) is 0 Å². The van der Waals surface area contributed by atoms with E-state index in [1.54, 1.807) is 14.0 Å². The molecule has 2 nitrogen and oxygen atoms in total. The summed E-state index contributed by atoms with van der Waals surface area (Å²) in [5, 5.41) is 3.14. The van der Waals surface area contributed by atoms with E-state index >= 15 is 0 Å². The summed E-state index contributed by atoms with van der Waals surface area (Å²) in [5.74, 6) is 0.831. The van der Waals surface area contributed by atoms with Crippen molar-refractivity contribution in [3.8, 4) is 5.75 Å². The Bertz CT molecular complexity index is 363. The van der Waals surface area contributed by atoms with Crippen molar-refractivity contribution in [1.82, 2.24) is 0 Å². The highest BCUT2D eigenvalue weighted by Gasteiger charge is 2.26. The van der Waals surface area contributed by atoms with E-state index in [1.165, 1.54) is 0 Å². The van der Waals surface area contributed by atoms with Gasteiger partial charge in [0.25, 0.3) is 0 Å². The van der Waals surface area contributed by atoms with E-state index in [9.17, 15) is 4.39 Å². The zero-order chi connectivity index (χ0) is 10.9. The minimum atomic E-state index is -1.12. The first kappa shape index (κ1) is 10.3. The molecular formula is C12H16FNO. The largest absolute Gasteiger partial charge is 0.497 e. The first-order chi connectivity index (χ1) is 7.11. The predicted octanol–water partition coefficient (Wildman–Crippen LogP) is 2.78. The van der Waals surface area contributed by atoms with Crippen LogP contribution in [0.15, 0.2) is 18.2 Å². The second-order valence-electron chi connectivity index (χ2n) is 4.29.